The molecule has 156 valence electrons. The Morgan fingerprint density at radius 2 is 1.13 bits per heavy atom. The van der Waals surface area contributed by atoms with E-state index in [0.29, 0.717) is 46.5 Å². The van der Waals surface area contributed by atoms with Crippen molar-refractivity contribution >= 4 is 34.2 Å². The van der Waals surface area contributed by atoms with E-state index in [2.05, 4.69) is 19.9 Å². The minimum atomic E-state index is -0.322. The maximum atomic E-state index is 13.5. The van der Waals surface area contributed by atoms with Gasteiger partial charge in [0.05, 0.1) is 36.4 Å². The van der Waals surface area contributed by atoms with Crippen LogP contribution in [0.3, 0.4) is 0 Å². The van der Waals surface area contributed by atoms with E-state index in [4.69, 9.17) is 0 Å². The molecule has 0 aliphatic heterocycles. The molecule has 0 aliphatic rings. The summed E-state index contributed by atoms with van der Waals surface area (Å²) in [5.74, 6) is -0.643. The Labute approximate surface area is 173 Å². The van der Waals surface area contributed by atoms with Crippen molar-refractivity contribution in [2.45, 2.75) is 40.8 Å². The van der Waals surface area contributed by atoms with E-state index in [1.54, 1.807) is 21.8 Å². The van der Waals surface area contributed by atoms with Gasteiger partial charge in [-0.2, -0.15) is 0 Å². The molecule has 4 rings (SSSR count). The molecule has 0 bridgehead atoms. The van der Waals surface area contributed by atoms with E-state index >= 15 is 0 Å². The summed E-state index contributed by atoms with van der Waals surface area (Å²) in [7, 11) is 0. The van der Waals surface area contributed by atoms with E-state index in [9.17, 15) is 8.78 Å². The van der Waals surface area contributed by atoms with Gasteiger partial charge in [0.1, 0.15) is 22.1 Å². The molecule has 0 saturated heterocycles. The zero-order chi connectivity index (χ0) is 21.7. The Kier molecular flexibility index (Phi) is 6.66. The summed E-state index contributed by atoms with van der Waals surface area (Å²) < 4.78 is 30.6. The van der Waals surface area contributed by atoms with Crippen molar-refractivity contribution in [3.8, 4) is 0 Å². The first-order valence-electron chi connectivity index (χ1n) is 9.79. The van der Waals surface area contributed by atoms with Crippen LogP contribution in [-0.2, 0) is 13.1 Å². The van der Waals surface area contributed by atoms with E-state index in [1.807, 2.05) is 52.0 Å². The van der Waals surface area contributed by atoms with Gasteiger partial charge in [0.15, 0.2) is 11.6 Å². The van der Waals surface area contributed by atoms with Gasteiger partial charge in [0.25, 0.3) is 0 Å². The molecule has 4 aromatic rings. The van der Waals surface area contributed by atoms with Gasteiger partial charge in [-0.3, -0.25) is 9.97 Å². The van der Waals surface area contributed by atoms with Crippen molar-refractivity contribution in [1.82, 2.24) is 29.1 Å². The van der Waals surface area contributed by atoms with Crippen LogP contribution < -0.4 is 0 Å². The number of nitrogens with zero attached hydrogens (tertiary/aromatic N) is 6. The average molecular weight is 410 g/mol. The van der Waals surface area contributed by atoms with Gasteiger partial charge in [0.2, 0.25) is 0 Å². The number of hydrogen-bond donors (Lipinski definition) is 0. The Morgan fingerprint density at radius 3 is 1.47 bits per heavy atom. The molecule has 0 unspecified atom stereocenters. The summed E-state index contributed by atoms with van der Waals surface area (Å²) in [5.41, 5.74) is 3.72. The second-order valence-corrected chi connectivity index (χ2v) is 6.44. The molecular formula is C22H24F2N6. The number of allylic oxidation sites excluding steroid dienone is 2. The number of fused-ring (bicyclic) bond motifs is 2. The van der Waals surface area contributed by atoms with Gasteiger partial charge in [0, 0.05) is 13.1 Å². The lowest BCUT2D eigenvalue weighted by molar-refractivity contribution is 0.620. The molecule has 4 aromatic heterocycles. The standard InChI is InChI=1S/2C11H12FN3/c2*1-3-5-9-10-11(8(12)6-13-9)15(4-2)7-14-10/h2*3,5-7H,4H2,1-2H3/b5-3+;5-3-. The number of rotatable bonds is 4. The highest BCUT2D eigenvalue weighted by molar-refractivity contribution is 5.84. The first-order valence-corrected chi connectivity index (χ1v) is 9.79. The van der Waals surface area contributed by atoms with E-state index in [0.717, 1.165) is 0 Å². The number of halogens is 2. The van der Waals surface area contributed by atoms with Gasteiger partial charge in [-0.15, -0.1) is 0 Å². The highest BCUT2D eigenvalue weighted by atomic mass is 19.1. The van der Waals surface area contributed by atoms with Gasteiger partial charge in [-0.05, 0) is 39.8 Å². The monoisotopic (exact) mass is 410 g/mol. The van der Waals surface area contributed by atoms with Gasteiger partial charge in [-0.25, -0.2) is 18.7 Å². The first-order chi connectivity index (χ1) is 14.5. The zero-order valence-corrected chi connectivity index (χ0v) is 17.5. The molecule has 0 radical (unpaired) electrons. The summed E-state index contributed by atoms with van der Waals surface area (Å²) in [6.07, 6.45) is 13.2. The maximum Gasteiger partial charge on any atom is 0.167 e. The molecule has 6 nitrogen and oxygen atoms in total. The van der Waals surface area contributed by atoms with E-state index < -0.39 is 0 Å². The van der Waals surface area contributed by atoms with Crippen LogP contribution in [0, 0.1) is 11.6 Å². The minimum Gasteiger partial charge on any atom is -0.328 e. The molecule has 0 spiro atoms. The summed E-state index contributed by atoms with van der Waals surface area (Å²) in [4.78, 5) is 16.4. The molecule has 4 heterocycles. The SMILES string of the molecule is C/C=C/c1ncc(F)c2c1ncn2CC.C/C=C\c1ncc(F)c2c1ncn2CC. The van der Waals surface area contributed by atoms with Crippen LogP contribution in [0.15, 0.2) is 37.2 Å². The predicted octanol–water partition coefficient (Wildman–Crippen LogP) is 5.25. The lowest BCUT2D eigenvalue weighted by atomic mass is 10.2. The quantitative estimate of drug-likeness (QED) is 0.461. The fraction of sp³-hybridized carbons (Fsp3) is 0.273. The zero-order valence-electron chi connectivity index (χ0n) is 17.5. The number of aryl methyl sites for hydroxylation is 2. The van der Waals surface area contributed by atoms with Crippen LogP contribution in [0.5, 0.6) is 0 Å². The lowest BCUT2D eigenvalue weighted by Crippen LogP contribution is -1.95. The summed E-state index contributed by atoms with van der Waals surface area (Å²) in [5, 5.41) is 0. The van der Waals surface area contributed by atoms with Crippen LogP contribution in [-0.4, -0.2) is 29.1 Å². The molecule has 0 aliphatic carbocycles. The summed E-state index contributed by atoms with van der Waals surface area (Å²) in [6.45, 7) is 9.10. The van der Waals surface area contributed by atoms with Crippen LogP contribution in [0.1, 0.15) is 39.1 Å². The Morgan fingerprint density at radius 1 is 0.733 bits per heavy atom. The van der Waals surface area contributed by atoms with Crippen molar-refractivity contribution in [1.29, 1.82) is 0 Å². The van der Waals surface area contributed by atoms with E-state index in [-0.39, 0.29) is 11.6 Å². The van der Waals surface area contributed by atoms with Crippen LogP contribution in [0.4, 0.5) is 8.78 Å². The third-order valence-corrected chi connectivity index (χ3v) is 4.58. The molecular weight excluding hydrogens is 386 g/mol. The van der Waals surface area contributed by atoms with Crippen LogP contribution >= 0.6 is 0 Å². The topological polar surface area (TPSA) is 61.4 Å². The number of aromatic nitrogens is 6. The number of imidazole rings is 2. The third kappa shape index (κ3) is 3.98. The van der Waals surface area contributed by atoms with Crippen molar-refractivity contribution in [2.75, 3.05) is 0 Å². The van der Waals surface area contributed by atoms with Crippen LogP contribution in [0.25, 0.3) is 34.2 Å². The van der Waals surface area contributed by atoms with E-state index in [1.165, 1.54) is 12.4 Å². The highest BCUT2D eigenvalue weighted by Crippen LogP contribution is 2.20. The number of pyridine rings is 2. The van der Waals surface area contributed by atoms with Crippen molar-refractivity contribution < 1.29 is 8.78 Å². The minimum absolute atomic E-state index is 0.322. The summed E-state index contributed by atoms with van der Waals surface area (Å²) >= 11 is 0. The molecule has 0 amide bonds. The lowest BCUT2D eigenvalue weighted by Gasteiger charge is -2.01. The molecule has 0 fully saturated rings. The smallest absolute Gasteiger partial charge is 0.167 e. The first kappa shape index (κ1) is 21.3. The maximum absolute atomic E-state index is 13.5. The Hall–Kier alpha value is -3.42. The Bertz CT molecular complexity index is 1120. The van der Waals surface area contributed by atoms with Crippen molar-refractivity contribution in [3.05, 3.63) is 60.2 Å². The Balaban J connectivity index is 0.000000171. The molecule has 8 heteroatoms. The predicted molar refractivity (Wildman–Crippen MR) is 116 cm³/mol. The number of hydrogen-bond acceptors (Lipinski definition) is 4. The molecule has 30 heavy (non-hydrogen) atoms. The fourth-order valence-corrected chi connectivity index (χ4v) is 3.18. The van der Waals surface area contributed by atoms with Gasteiger partial charge < -0.3 is 9.13 Å². The van der Waals surface area contributed by atoms with Gasteiger partial charge in [-0.1, -0.05) is 12.2 Å². The van der Waals surface area contributed by atoms with Crippen molar-refractivity contribution in [3.63, 3.8) is 0 Å². The fourth-order valence-electron chi connectivity index (χ4n) is 3.18. The normalized spacial score (nSPS) is 11.7. The largest absolute Gasteiger partial charge is 0.328 e. The average Bonchev–Trinajstić information content (AvgIpc) is 3.38. The molecule has 0 N–H and O–H groups in total. The highest BCUT2D eigenvalue weighted by Gasteiger charge is 2.12. The molecule has 0 atom stereocenters. The second-order valence-electron chi connectivity index (χ2n) is 6.44. The second kappa shape index (κ2) is 9.39. The third-order valence-electron chi connectivity index (χ3n) is 4.58. The molecule has 0 saturated carbocycles. The summed E-state index contributed by atoms with van der Waals surface area (Å²) in [6, 6.07) is 0. The molecule has 0 aromatic carbocycles. The van der Waals surface area contributed by atoms with Crippen LogP contribution in [0.2, 0.25) is 0 Å². The van der Waals surface area contributed by atoms with Gasteiger partial charge >= 0.3 is 0 Å². The van der Waals surface area contributed by atoms with Crippen molar-refractivity contribution in [2.24, 2.45) is 0 Å².